The summed E-state index contributed by atoms with van der Waals surface area (Å²) in [6, 6.07) is 6.12. The van der Waals surface area contributed by atoms with Crippen molar-refractivity contribution in [2.45, 2.75) is 26.2 Å². The lowest BCUT2D eigenvalue weighted by Gasteiger charge is -2.18. The highest BCUT2D eigenvalue weighted by atomic mass is 32.1. The third-order valence-corrected chi connectivity index (χ3v) is 7.20. The van der Waals surface area contributed by atoms with Crippen molar-refractivity contribution in [2.75, 3.05) is 5.32 Å². The van der Waals surface area contributed by atoms with Crippen molar-refractivity contribution in [2.24, 2.45) is 11.7 Å². The maximum atomic E-state index is 12.8. The van der Waals surface area contributed by atoms with Crippen LogP contribution in [0.5, 0.6) is 0 Å². The highest BCUT2D eigenvalue weighted by molar-refractivity contribution is 7.21. The molecule has 2 aromatic heterocycles. The Labute approximate surface area is 168 Å². The number of rotatable bonds is 4. The Hall–Kier alpha value is -2.78. The number of nitro benzene ring substituents is 1. The number of carbonyl (C=O) groups excluding carboxylic acids is 2. The highest BCUT2D eigenvalue weighted by Gasteiger charge is 2.27. The fraction of sp³-hybridized carbons (Fsp3) is 0.263. The lowest BCUT2D eigenvalue weighted by atomic mass is 9.88. The van der Waals surface area contributed by atoms with Crippen molar-refractivity contribution in [3.05, 3.63) is 55.3 Å². The van der Waals surface area contributed by atoms with E-state index in [1.807, 2.05) is 0 Å². The van der Waals surface area contributed by atoms with Crippen LogP contribution in [0.25, 0.3) is 10.1 Å². The molecule has 9 heteroatoms. The molecule has 1 atom stereocenters. The first-order valence-corrected chi connectivity index (χ1v) is 10.4. The van der Waals surface area contributed by atoms with E-state index in [4.69, 9.17) is 5.73 Å². The van der Waals surface area contributed by atoms with Crippen molar-refractivity contribution in [1.29, 1.82) is 0 Å². The van der Waals surface area contributed by atoms with Gasteiger partial charge in [-0.05, 0) is 42.9 Å². The van der Waals surface area contributed by atoms with Crippen molar-refractivity contribution >= 4 is 55.3 Å². The van der Waals surface area contributed by atoms with Crippen molar-refractivity contribution < 1.29 is 14.5 Å². The number of nitrogens with two attached hydrogens (primary N) is 1. The van der Waals surface area contributed by atoms with Crippen LogP contribution in [0.15, 0.2) is 24.3 Å². The van der Waals surface area contributed by atoms with Gasteiger partial charge in [0.2, 0.25) is 0 Å². The van der Waals surface area contributed by atoms with Crippen LogP contribution < -0.4 is 11.1 Å². The van der Waals surface area contributed by atoms with E-state index in [9.17, 15) is 19.7 Å². The predicted octanol–water partition coefficient (Wildman–Crippen LogP) is 4.35. The quantitative estimate of drug-likeness (QED) is 0.487. The van der Waals surface area contributed by atoms with Gasteiger partial charge in [0.05, 0.1) is 15.4 Å². The van der Waals surface area contributed by atoms with Crippen LogP contribution in [0.3, 0.4) is 0 Å². The molecule has 0 fully saturated rings. The van der Waals surface area contributed by atoms with E-state index in [0.717, 1.165) is 34.4 Å². The second-order valence-electron chi connectivity index (χ2n) is 6.96. The van der Waals surface area contributed by atoms with Gasteiger partial charge in [-0.15, -0.1) is 22.7 Å². The fourth-order valence-corrected chi connectivity index (χ4v) is 5.87. The van der Waals surface area contributed by atoms with E-state index < -0.39 is 10.8 Å². The number of anilines is 1. The van der Waals surface area contributed by atoms with Gasteiger partial charge < -0.3 is 11.1 Å². The summed E-state index contributed by atoms with van der Waals surface area (Å²) < 4.78 is 0.783. The summed E-state index contributed by atoms with van der Waals surface area (Å²) in [7, 11) is 0. The van der Waals surface area contributed by atoms with Gasteiger partial charge in [0, 0.05) is 27.1 Å². The van der Waals surface area contributed by atoms with Crippen LogP contribution >= 0.6 is 22.7 Å². The molecule has 0 spiro atoms. The molecule has 0 radical (unpaired) electrons. The lowest BCUT2D eigenvalue weighted by molar-refractivity contribution is -0.384. The van der Waals surface area contributed by atoms with Gasteiger partial charge in [-0.1, -0.05) is 6.92 Å². The molecule has 7 nitrogen and oxygen atoms in total. The van der Waals surface area contributed by atoms with Crippen LogP contribution in [-0.4, -0.2) is 16.7 Å². The molecule has 0 aliphatic heterocycles. The van der Waals surface area contributed by atoms with E-state index >= 15 is 0 Å². The predicted molar refractivity (Wildman–Crippen MR) is 110 cm³/mol. The molecule has 144 valence electrons. The summed E-state index contributed by atoms with van der Waals surface area (Å²) in [5, 5.41) is 14.9. The molecule has 2 amide bonds. The highest BCUT2D eigenvalue weighted by Crippen LogP contribution is 2.40. The summed E-state index contributed by atoms with van der Waals surface area (Å²) in [6.45, 7) is 2.17. The molecule has 0 saturated carbocycles. The molecular formula is C19H17N3O4S2. The normalized spacial score (nSPS) is 16.0. The summed E-state index contributed by atoms with van der Waals surface area (Å²) in [5.41, 5.74) is 6.94. The number of primary amides is 1. The number of carbonyl (C=O) groups is 2. The standard InChI is InChI=1S/C19H17N3O4S2/c1-9-2-4-12-14(6-9)28-19(16(12)17(20)23)21-18(24)15-8-10-7-11(22(25)26)3-5-13(10)27-15/h3,5,7-9H,2,4,6H2,1H3,(H2,20,23)(H,21,24). The fourth-order valence-electron chi connectivity index (χ4n) is 3.52. The van der Waals surface area contributed by atoms with Gasteiger partial charge in [0.1, 0.15) is 5.00 Å². The molecule has 0 bridgehead atoms. The molecule has 28 heavy (non-hydrogen) atoms. The minimum absolute atomic E-state index is 0.0201. The average Bonchev–Trinajstić information content (AvgIpc) is 3.21. The van der Waals surface area contributed by atoms with E-state index in [1.54, 1.807) is 12.1 Å². The zero-order valence-corrected chi connectivity index (χ0v) is 16.6. The number of hydrogen-bond acceptors (Lipinski definition) is 6. The summed E-state index contributed by atoms with van der Waals surface area (Å²) >= 11 is 2.66. The second kappa shape index (κ2) is 6.99. The van der Waals surface area contributed by atoms with Gasteiger partial charge in [0.15, 0.2) is 0 Å². The van der Waals surface area contributed by atoms with Gasteiger partial charge in [-0.2, -0.15) is 0 Å². The van der Waals surface area contributed by atoms with Gasteiger partial charge in [-0.3, -0.25) is 19.7 Å². The second-order valence-corrected chi connectivity index (χ2v) is 9.15. The van der Waals surface area contributed by atoms with Crippen molar-refractivity contribution in [3.63, 3.8) is 0 Å². The molecule has 1 aliphatic rings. The van der Waals surface area contributed by atoms with Crippen LogP contribution in [0.2, 0.25) is 0 Å². The first-order chi connectivity index (χ1) is 13.3. The smallest absolute Gasteiger partial charge is 0.270 e. The van der Waals surface area contributed by atoms with Crippen molar-refractivity contribution in [1.82, 2.24) is 0 Å². The Morgan fingerprint density at radius 1 is 1.29 bits per heavy atom. The average molecular weight is 415 g/mol. The van der Waals surface area contributed by atoms with Gasteiger partial charge in [-0.25, -0.2) is 0 Å². The third-order valence-electron chi connectivity index (χ3n) is 4.92. The van der Waals surface area contributed by atoms with Crippen LogP contribution in [0, 0.1) is 16.0 Å². The first-order valence-electron chi connectivity index (χ1n) is 8.77. The van der Waals surface area contributed by atoms with Crippen molar-refractivity contribution in [3.8, 4) is 0 Å². The molecule has 1 unspecified atom stereocenters. The maximum Gasteiger partial charge on any atom is 0.270 e. The minimum Gasteiger partial charge on any atom is -0.365 e. The Kier molecular flexibility index (Phi) is 4.64. The number of thiophene rings is 2. The van der Waals surface area contributed by atoms with E-state index in [0.29, 0.717) is 26.7 Å². The van der Waals surface area contributed by atoms with E-state index in [1.165, 1.54) is 34.8 Å². The van der Waals surface area contributed by atoms with Crippen LogP contribution in [0.4, 0.5) is 10.7 Å². The minimum atomic E-state index is -0.533. The summed E-state index contributed by atoms with van der Waals surface area (Å²) in [5.74, 6) is -0.346. The molecule has 2 heterocycles. The number of nitrogens with one attached hydrogen (secondary N) is 1. The summed E-state index contributed by atoms with van der Waals surface area (Å²) in [6.07, 6.45) is 2.66. The van der Waals surface area contributed by atoms with Gasteiger partial charge >= 0.3 is 0 Å². The summed E-state index contributed by atoms with van der Waals surface area (Å²) in [4.78, 5) is 36.8. The van der Waals surface area contributed by atoms with Crippen LogP contribution in [0.1, 0.15) is 43.8 Å². The Morgan fingerprint density at radius 2 is 2.07 bits per heavy atom. The topological polar surface area (TPSA) is 115 Å². The number of nitro groups is 1. The number of non-ortho nitro benzene ring substituents is 1. The number of fused-ring (bicyclic) bond motifs is 2. The first kappa shape index (κ1) is 18.6. The third kappa shape index (κ3) is 3.27. The molecule has 0 saturated heterocycles. The number of nitrogens with zero attached hydrogens (tertiary/aromatic N) is 1. The lowest BCUT2D eigenvalue weighted by Crippen LogP contribution is -2.19. The maximum absolute atomic E-state index is 12.8. The Bertz CT molecular complexity index is 1130. The number of benzene rings is 1. The molecule has 3 aromatic rings. The molecular weight excluding hydrogens is 398 g/mol. The Balaban J connectivity index is 1.66. The largest absolute Gasteiger partial charge is 0.365 e. The van der Waals surface area contributed by atoms with E-state index in [2.05, 4.69) is 12.2 Å². The molecule has 3 N–H and O–H groups in total. The molecule has 1 aliphatic carbocycles. The van der Waals surface area contributed by atoms with Crippen LogP contribution in [-0.2, 0) is 12.8 Å². The number of hydrogen-bond donors (Lipinski definition) is 2. The zero-order chi connectivity index (χ0) is 20.0. The monoisotopic (exact) mass is 415 g/mol. The van der Waals surface area contributed by atoms with Gasteiger partial charge in [0.25, 0.3) is 17.5 Å². The number of amides is 2. The van der Waals surface area contributed by atoms with E-state index in [-0.39, 0.29) is 11.6 Å². The SMILES string of the molecule is CC1CCc2c(sc(NC(=O)c3cc4cc([N+](=O)[O-])ccc4s3)c2C(N)=O)C1. The molecule has 1 aromatic carbocycles. The Morgan fingerprint density at radius 3 is 2.79 bits per heavy atom. The zero-order valence-electron chi connectivity index (χ0n) is 15.0. The molecule has 4 rings (SSSR count).